The van der Waals surface area contributed by atoms with Crippen LogP contribution in [0.2, 0.25) is 0 Å². The van der Waals surface area contributed by atoms with Crippen LogP contribution in [0.4, 0.5) is 7.88 Å². The Bertz CT molecular complexity index is 204. The fourth-order valence-corrected chi connectivity index (χ4v) is 2.03. The van der Waals surface area contributed by atoms with Gasteiger partial charge in [0.05, 0.1) is 0 Å². The van der Waals surface area contributed by atoms with Crippen LogP contribution in [0.3, 0.4) is 0 Å². The Balaban J connectivity index is 2.97. The van der Waals surface area contributed by atoms with Crippen LogP contribution in [-0.4, -0.2) is 0 Å². The van der Waals surface area contributed by atoms with E-state index >= 15 is 0 Å². The number of hydrogen-bond donors (Lipinski definition) is 0. The second kappa shape index (κ2) is 2.87. The Hall–Kier alpha value is -0.107. The van der Waals surface area contributed by atoms with Gasteiger partial charge in [0.25, 0.3) is 0 Å². The summed E-state index contributed by atoms with van der Waals surface area (Å²) >= 11 is -6.21. The number of benzene rings is 1. The first kappa shape index (κ1) is 7.99. The first-order valence-electron chi connectivity index (χ1n) is 2.73. The minimum absolute atomic E-state index is 0.392. The minimum atomic E-state index is -6.21. The van der Waals surface area contributed by atoms with Crippen LogP contribution in [0.25, 0.3) is 0 Å². The summed E-state index contributed by atoms with van der Waals surface area (Å²) in [4.78, 5) is 0. The molecule has 0 radical (unpaired) electrons. The molecule has 0 saturated heterocycles. The summed E-state index contributed by atoms with van der Waals surface area (Å²) in [5.41, 5.74) is 0. The Labute approximate surface area is 63.7 Å². The zero-order chi connectivity index (χ0) is 7.61. The van der Waals surface area contributed by atoms with Crippen molar-refractivity contribution in [2.75, 3.05) is 0 Å². The van der Waals surface area contributed by atoms with Gasteiger partial charge in [0.2, 0.25) is 0 Å². The number of hydrogen-bond acceptors (Lipinski definition) is 0. The second-order valence-electron chi connectivity index (χ2n) is 1.86. The molecule has 1 aromatic rings. The van der Waals surface area contributed by atoms with Crippen LogP contribution in [0.1, 0.15) is 0 Å². The van der Waals surface area contributed by atoms with E-state index in [1.807, 2.05) is 0 Å². The van der Waals surface area contributed by atoms with Crippen LogP contribution in [0.5, 0.6) is 0 Å². The quantitative estimate of drug-likeness (QED) is 0.687. The SMILES string of the molecule is [F][Zr]([F])([F])[c]1ccccc1. The Morgan fingerprint density at radius 3 is 1.70 bits per heavy atom. The van der Waals surface area contributed by atoms with Gasteiger partial charge in [0, 0.05) is 0 Å². The fraction of sp³-hybridized carbons (Fsp3) is 0. The maximum atomic E-state index is 12.0. The van der Waals surface area contributed by atoms with E-state index in [9.17, 15) is 7.88 Å². The van der Waals surface area contributed by atoms with Gasteiger partial charge >= 0.3 is 63.6 Å². The van der Waals surface area contributed by atoms with Crippen molar-refractivity contribution in [2.45, 2.75) is 0 Å². The molecule has 1 aromatic carbocycles. The molecular weight excluding hydrogens is 220 g/mol. The Morgan fingerprint density at radius 2 is 1.40 bits per heavy atom. The van der Waals surface area contributed by atoms with Crippen LogP contribution >= 0.6 is 0 Å². The molecule has 0 N–H and O–H groups in total. The first-order chi connectivity index (χ1) is 4.61. The molecule has 0 unspecified atom stereocenters. The van der Waals surface area contributed by atoms with Crippen molar-refractivity contribution in [3.8, 4) is 0 Å². The van der Waals surface area contributed by atoms with Crippen molar-refractivity contribution in [3.05, 3.63) is 30.3 Å². The zero-order valence-corrected chi connectivity index (χ0v) is 7.48. The predicted octanol–water partition coefficient (Wildman–Crippen LogP) is 2.12. The molecule has 0 aliphatic carbocycles. The van der Waals surface area contributed by atoms with Crippen LogP contribution in [0.15, 0.2) is 30.3 Å². The molecule has 0 aliphatic heterocycles. The van der Waals surface area contributed by atoms with Crippen molar-refractivity contribution in [1.29, 1.82) is 0 Å². The molecule has 0 aromatic heterocycles. The van der Waals surface area contributed by atoms with E-state index in [2.05, 4.69) is 0 Å². The Morgan fingerprint density at radius 1 is 0.900 bits per heavy atom. The van der Waals surface area contributed by atoms with Crippen LogP contribution < -0.4 is 3.27 Å². The van der Waals surface area contributed by atoms with Crippen molar-refractivity contribution in [2.24, 2.45) is 0 Å². The summed E-state index contributed by atoms with van der Waals surface area (Å²) in [6, 6.07) is 6.69. The molecule has 54 valence electrons. The molecule has 0 bridgehead atoms. The molecule has 10 heavy (non-hydrogen) atoms. The summed E-state index contributed by atoms with van der Waals surface area (Å²) < 4.78 is 35.6. The summed E-state index contributed by atoms with van der Waals surface area (Å²) in [5, 5.41) is 0. The summed E-state index contributed by atoms with van der Waals surface area (Å²) in [5.74, 6) is 0. The third kappa shape index (κ3) is 1.94. The van der Waals surface area contributed by atoms with E-state index in [0.717, 1.165) is 12.1 Å². The molecule has 1 rings (SSSR count). The van der Waals surface area contributed by atoms with E-state index in [4.69, 9.17) is 0 Å². The average molecular weight is 225 g/mol. The van der Waals surface area contributed by atoms with E-state index < -0.39 is 25.4 Å². The monoisotopic (exact) mass is 224 g/mol. The number of rotatable bonds is 1. The molecule has 4 heteroatoms. The molecule has 0 aliphatic rings. The molecular formula is C6H5F3Zr. The maximum absolute atomic E-state index is 12.0. The molecule has 0 fully saturated rings. The van der Waals surface area contributed by atoms with Gasteiger partial charge in [-0.3, -0.25) is 0 Å². The topological polar surface area (TPSA) is 0 Å². The van der Waals surface area contributed by atoms with Crippen LogP contribution in [0, 0.1) is 0 Å². The summed E-state index contributed by atoms with van der Waals surface area (Å²) in [6.07, 6.45) is 0. The first-order valence-corrected chi connectivity index (χ1v) is 6.74. The van der Waals surface area contributed by atoms with Gasteiger partial charge in [-0.2, -0.15) is 0 Å². The van der Waals surface area contributed by atoms with Crippen molar-refractivity contribution in [1.82, 2.24) is 0 Å². The normalized spacial score (nSPS) is 11.5. The van der Waals surface area contributed by atoms with Gasteiger partial charge < -0.3 is 0 Å². The van der Waals surface area contributed by atoms with Gasteiger partial charge in [-0.05, 0) is 0 Å². The van der Waals surface area contributed by atoms with E-state index in [0.29, 0.717) is 0 Å². The molecule has 0 atom stereocenters. The van der Waals surface area contributed by atoms with Gasteiger partial charge in [0.15, 0.2) is 0 Å². The van der Waals surface area contributed by atoms with Gasteiger partial charge in [0.1, 0.15) is 0 Å². The summed E-state index contributed by atoms with van der Waals surface area (Å²) in [6.45, 7) is 0. The van der Waals surface area contributed by atoms with E-state index in [1.54, 1.807) is 6.07 Å². The molecule has 0 amide bonds. The van der Waals surface area contributed by atoms with Crippen molar-refractivity contribution >= 4 is 3.27 Å². The van der Waals surface area contributed by atoms with Crippen molar-refractivity contribution in [3.63, 3.8) is 0 Å². The average Bonchev–Trinajstić information content (AvgIpc) is 1.88. The third-order valence-corrected chi connectivity index (χ3v) is 3.53. The van der Waals surface area contributed by atoms with Crippen molar-refractivity contribution < 1.29 is 30.0 Å². The van der Waals surface area contributed by atoms with Gasteiger partial charge in [-0.1, -0.05) is 0 Å². The molecule has 0 nitrogen and oxygen atoms in total. The standard InChI is InChI=1S/C6H5.3FH.Zr/c1-2-4-6-5-3-1;;;;/h1-5H;3*1H;/q;;;;+3/p-3. The van der Waals surface area contributed by atoms with Gasteiger partial charge in [-0.15, -0.1) is 0 Å². The predicted molar refractivity (Wildman–Crippen MR) is 29.4 cm³/mol. The number of halogens is 3. The van der Waals surface area contributed by atoms with Crippen LogP contribution in [-0.2, 0) is 22.1 Å². The van der Waals surface area contributed by atoms with E-state index in [1.165, 1.54) is 12.1 Å². The molecule has 0 spiro atoms. The zero-order valence-electron chi connectivity index (χ0n) is 5.02. The molecule has 0 heterocycles. The van der Waals surface area contributed by atoms with Gasteiger partial charge in [-0.25, -0.2) is 0 Å². The fourth-order valence-electron chi connectivity index (χ4n) is 0.627. The molecule has 0 saturated carbocycles. The third-order valence-electron chi connectivity index (χ3n) is 1.10. The summed E-state index contributed by atoms with van der Waals surface area (Å²) in [7, 11) is 0. The second-order valence-corrected chi connectivity index (χ2v) is 5.73. The van der Waals surface area contributed by atoms with E-state index in [-0.39, 0.29) is 0 Å². The Kier molecular flexibility index (Phi) is 2.29.